The fourth-order valence-corrected chi connectivity index (χ4v) is 4.10. The number of carbonyl (C=O) groups is 3. The summed E-state index contributed by atoms with van der Waals surface area (Å²) in [6.45, 7) is 4.30. The van der Waals surface area contributed by atoms with Gasteiger partial charge in [0.1, 0.15) is 17.3 Å². The summed E-state index contributed by atoms with van der Waals surface area (Å²) in [6.07, 6.45) is 0. The van der Waals surface area contributed by atoms with Crippen molar-refractivity contribution in [3.63, 3.8) is 0 Å². The van der Waals surface area contributed by atoms with E-state index in [1.54, 1.807) is 35.1 Å². The molecule has 0 saturated heterocycles. The minimum Gasteiger partial charge on any atom is -0.496 e. The highest BCUT2D eigenvalue weighted by molar-refractivity contribution is 7.18. The fraction of sp³-hybridized carbons (Fsp3) is 0.381. The first-order chi connectivity index (χ1) is 14.3. The molecule has 0 spiro atoms. The first-order valence-electron chi connectivity index (χ1n) is 9.55. The minimum atomic E-state index is -0.558. The molecule has 2 rings (SSSR count). The highest BCUT2D eigenvalue weighted by Crippen LogP contribution is 2.34. The second kappa shape index (κ2) is 10.7. The lowest BCUT2D eigenvalue weighted by atomic mass is 10.1. The summed E-state index contributed by atoms with van der Waals surface area (Å²) in [5, 5.41) is 4.93. The van der Waals surface area contributed by atoms with E-state index in [0.717, 1.165) is 22.6 Å². The lowest BCUT2D eigenvalue weighted by Crippen LogP contribution is -2.84. The third-order valence-corrected chi connectivity index (χ3v) is 5.56. The van der Waals surface area contributed by atoms with Gasteiger partial charge in [0.15, 0.2) is 6.54 Å². The van der Waals surface area contributed by atoms with E-state index < -0.39 is 5.97 Å². The number of nitrogens with zero attached hydrogens (tertiary/aromatic N) is 1. The second-order valence-electron chi connectivity index (χ2n) is 6.74. The van der Waals surface area contributed by atoms with E-state index >= 15 is 0 Å². The van der Waals surface area contributed by atoms with Crippen LogP contribution in [0.4, 0.5) is 5.00 Å². The summed E-state index contributed by atoms with van der Waals surface area (Å²) in [4.78, 5) is 39.2. The number of hydrogen-bond donors (Lipinski definition) is 2. The molecule has 0 atom stereocenters. The number of anilines is 1. The summed E-state index contributed by atoms with van der Waals surface area (Å²) in [5.74, 6) is -0.302. The zero-order chi connectivity index (χ0) is 22.3. The molecule has 0 radical (unpaired) electrons. The smallest absolute Gasteiger partial charge is 0.341 e. The van der Waals surface area contributed by atoms with Gasteiger partial charge in [-0.15, -0.1) is 11.3 Å². The van der Waals surface area contributed by atoms with Gasteiger partial charge in [-0.05, 0) is 31.5 Å². The molecule has 1 aromatic carbocycles. The normalized spacial score (nSPS) is 10.4. The van der Waals surface area contributed by atoms with Crippen LogP contribution >= 0.6 is 11.3 Å². The molecule has 0 aliphatic heterocycles. The average Bonchev–Trinajstić information content (AvgIpc) is 3.03. The van der Waals surface area contributed by atoms with Crippen molar-refractivity contribution in [3.8, 4) is 5.75 Å². The van der Waals surface area contributed by atoms with Crippen molar-refractivity contribution in [1.82, 2.24) is 4.90 Å². The summed E-state index contributed by atoms with van der Waals surface area (Å²) < 4.78 is 10.4. The van der Waals surface area contributed by atoms with Crippen molar-refractivity contribution in [2.75, 3.05) is 39.7 Å². The van der Waals surface area contributed by atoms with E-state index in [9.17, 15) is 14.4 Å². The monoisotopic (exact) mass is 434 g/mol. The number of thiophene rings is 1. The summed E-state index contributed by atoms with van der Waals surface area (Å²) in [7, 11) is 4.88. The number of amides is 2. The number of quaternary nitrogens is 1. The van der Waals surface area contributed by atoms with Crippen LogP contribution < -0.4 is 15.4 Å². The molecular weight excluding hydrogens is 406 g/mol. The van der Waals surface area contributed by atoms with Gasteiger partial charge in [-0.3, -0.25) is 9.59 Å². The second-order valence-corrected chi connectivity index (χ2v) is 7.76. The number of hydrogen-bond acceptors (Lipinski definition) is 6. The number of para-hydroxylation sites is 1. The molecule has 0 aliphatic carbocycles. The number of nitrogens with one attached hydrogen (secondary N) is 1. The number of benzene rings is 1. The Balaban J connectivity index is 2.13. The lowest BCUT2D eigenvalue weighted by Gasteiger charge is -2.09. The number of ether oxygens (including phenoxy) is 2. The molecule has 1 heterocycles. The molecule has 0 unspecified atom stereocenters. The van der Waals surface area contributed by atoms with Crippen molar-refractivity contribution >= 4 is 34.1 Å². The summed E-state index contributed by atoms with van der Waals surface area (Å²) in [5.41, 5.74) is 1.71. The van der Waals surface area contributed by atoms with Crippen LogP contribution in [0, 0.1) is 6.92 Å². The lowest BCUT2D eigenvalue weighted by molar-refractivity contribution is -0.659. The molecule has 9 heteroatoms. The highest BCUT2D eigenvalue weighted by atomic mass is 32.1. The first-order valence-corrected chi connectivity index (χ1v) is 10.4. The van der Waals surface area contributed by atoms with Crippen LogP contribution in [0.15, 0.2) is 24.3 Å². The molecule has 0 bridgehead atoms. The van der Waals surface area contributed by atoms with Crippen LogP contribution in [-0.4, -0.2) is 57.0 Å². The van der Waals surface area contributed by atoms with Gasteiger partial charge < -0.3 is 25.0 Å². The molecule has 3 N–H and O–H groups in total. The first kappa shape index (κ1) is 23.4. The van der Waals surface area contributed by atoms with E-state index in [-0.39, 0.29) is 30.5 Å². The average molecular weight is 435 g/mol. The number of carbonyl (C=O) groups excluding carboxylic acids is 3. The highest BCUT2D eigenvalue weighted by Gasteiger charge is 2.27. The van der Waals surface area contributed by atoms with Crippen LogP contribution in [-0.2, 0) is 16.1 Å². The van der Waals surface area contributed by atoms with E-state index in [0.29, 0.717) is 22.0 Å². The van der Waals surface area contributed by atoms with Crippen LogP contribution in [0.2, 0.25) is 0 Å². The standard InChI is InChI=1S/C21H27N3O5S/c1-6-29-21(27)17-13(2)18(20(26)24(3)4)30-19(17)23-16(25)12-22-11-14-9-7-8-10-15(14)28-5/h7-10,22H,6,11-12H2,1-5H3,(H,23,25)/p+1. The maximum absolute atomic E-state index is 12.5. The van der Waals surface area contributed by atoms with Crippen molar-refractivity contribution < 1.29 is 29.2 Å². The van der Waals surface area contributed by atoms with E-state index in [1.807, 2.05) is 29.6 Å². The molecule has 162 valence electrons. The van der Waals surface area contributed by atoms with Crippen LogP contribution in [0.1, 0.15) is 38.1 Å². The Morgan fingerprint density at radius 1 is 1.20 bits per heavy atom. The van der Waals surface area contributed by atoms with Crippen molar-refractivity contribution in [3.05, 3.63) is 45.8 Å². The molecular formula is C21H28N3O5S+. The van der Waals surface area contributed by atoms with E-state index in [2.05, 4.69) is 5.32 Å². The number of esters is 1. The Hall–Kier alpha value is -2.91. The van der Waals surface area contributed by atoms with Gasteiger partial charge in [-0.1, -0.05) is 12.1 Å². The Labute approximate surface area is 180 Å². The third kappa shape index (κ3) is 5.58. The molecule has 8 nitrogen and oxygen atoms in total. The number of rotatable bonds is 9. The summed E-state index contributed by atoms with van der Waals surface area (Å²) in [6, 6.07) is 7.60. The zero-order valence-corrected chi connectivity index (χ0v) is 18.7. The van der Waals surface area contributed by atoms with Gasteiger partial charge >= 0.3 is 5.97 Å². The van der Waals surface area contributed by atoms with E-state index in [1.165, 1.54) is 4.90 Å². The van der Waals surface area contributed by atoms with Crippen LogP contribution in [0.3, 0.4) is 0 Å². The van der Waals surface area contributed by atoms with Crippen molar-refractivity contribution in [2.24, 2.45) is 0 Å². The fourth-order valence-electron chi connectivity index (χ4n) is 2.87. The Bertz CT molecular complexity index is 923. The van der Waals surface area contributed by atoms with Gasteiger partial charge in [-0.2, -0.15) is 0 Å². The molecule has 1 aromatic heterocycles. The maximum Gasteiger partial charge on any atom is 0.341 e. The van der Waals surface area contributed by atoms with Gasteiger partial charge in [0, 0.05) is 19.7 Å². The zero-order valence-electron chi connectivity index (χ0n) is 17.9. The number of nitrogens with two attached hydrogens (primary N) is 1. The van der Waals surface area contributed by atoms with Gasteiger partial charge in [0.05, 0.1) is 24.2 Å². The Kier molecular flexibility index (Phi) is 8.37. The van der Waals surface area contributed by atoms with Gasteiger partial charge in [-0.25, -0.2) is 4.79 Å². The minimum absolute atomic E-state index is 0.147. The van der Waals surface area contributed by atoms with Crippen LogP contribution in [0.5, 0.6) is 5.75 Å². The predicted octanol–water partition coefficient (Wildman–Crippen LogP) is 1.65. The van der Waals surface area contributed by atoms with E-state index in [4.69, 9.17) is 9.47 Å². The third-order valence-electron chi connectivity index (χ3n) is 4.37. The SMILES string of the molecule is CCOC(=O)c1c(NC(=O)C[NH2+]Cc2ccccc2OC)sc(C(=O)N(C)C)c1C. The molecule has 0 fully saturated rings. The maximum atomic E-state index is 12.5. The Morgan fingerprint density at radius 3 is 2.53 bits per heavy atom. The van der Waals surface area contributed by atoms with Gasteiger partial charge in [0.2, 0.25) is 0 Å². The Morgan fingerprint density at radius 2 is 1.90 bits per heavy atom. The molecule has 2 amide bonds. The topological polar surface area (TPSA) is 102 Å². The summed E-state index contributed by atoms with van der Waals surface area (Å²) >= 11 is 1.08. The van der Waals surface area contributed by atoms with Crippen molar-refractivity contribution in [2.45, 2.75) is 20.4 Å². The largest absolute Gasteiger partial charge is 0.496 e. The quantitative estimate of drug-likeness (QED) is 0.585. The van der Waals surface area contributed by atoms with Crippen LogP contribution in [0.25, 0.3) is 0 Å². The molecule has 0 saturated carbocycles. The molecule has 2 aromatic rings. The molecule has 0 aliphatic rings. The number of methoxy groups -OCH3 is 1. The predicted molar refractivity (Wildman–Crippen MR) is 115 cm³/mol. The molecule has 30 heavy (non-hydrogen) atoms. The van der Waals surface area contributed by atoms with Gasteiger partial charge in [0.25, 0.3) is 11.8 Å². The van der Waals surface area contributed by atoms with Crippen molar-refractivity contribution in [1.29, 1.82) is 0 Å².